The van der Waals surface area contributed by atoms with E-state index in [9.17, 15) is 18.0 Å². The summed E-state index contributed by atoms with van der Waals surface area (Å²) in [5.74, 6) is 0.232. The number of thioether (sulfide) groups is 1. The van der Waals surface area contributed by atoms with Gasteiger partial charge in [0.2, 0.25) is 5.91 Å². The van der Waals surface area contributed by atoms with E-state index in [0.717, 1.165) is 5.56 Å². The summed E-state index contributed by atoms with van der Waals surface area (Å²) in [6.07, 6.45) is 0. The second-order valence-corrected chi connectivity index (χ2v) is 8.35. The molecule has 1 amide bonds. The molecule has 2 aromatic carbocycles. The lowest BCUT2D eigenvalue weighted by atomic mass is 10.2. The molecule has 2 N–H and O–H groups in total. The van der Waals surface area contributed by atoms with E-state index in [4.69, 9.17) is 0 Å². The van der Waals surface area contributed by atoms with Crippen LogP contribution in [-0.4, -0.2) is 25.9 Å². The van der Waals surface area contributed by atoms with Crippen LogP contribution in [0.5, 0.6) is 0 Å². The SMILES string of the molecule is CC(=O)c1ccc(S(=O)(=O)Nc2cccc([C@@H]3NC(=O)CS3)c2)cc1. The van der Waals surface area contributed by atoms with Gasteiger partial charge in [0.1, 0.15) is 5.37 Å². The highest BCUT2D eigenvalue weighted by Crippen LogP contribution is 2.32. The number of sulfonamides is 1. The van der Waals surface area contributed by atoms with Crippen molar-refractivity contribution in [2.45, 2.75) is 17.2 Å². The van der Waals surface area contributed by atoms with Crippen LogP contribution in [0.2, 0.25) is 0 Å². The summed E-state index contributed by atoms with van der Waals surface area (Å²) in [5.41, 5.74) is 1.69. The van der Waals surface area contributed by atoms with Crippen molar-refractivity contribution in [3.63, 3.8) is 0 Å². The molecule has 0 saturated carbocycles. The third-order valence-electron chi connectivity index (χ3n) is 3.69. The summed E-state index contributed by atoms with van der Waals surface area (Å²) in [6, 6.07) is 12.7. The Morgan fingerprint density at radius 1 is 1.20 bits per heavy atom. The highest BCUT2D eigenvalue weighted by molar-refractivity contribution is 8.00. The fraction of sp³-hybridized carbons (Fsp3) is 0.176. The van der Waals surface area contributed by atoms with E-state index in [0.29, 0.717) is 17.0 Å². The largest absolute Gasteiger partial charge is 0.339 e. The molecule has 0 spiro atoms. The molecule has 1 aliphatic rings. The van der Waals surface area contributed by atoms with Crippen LogP contribution in [0, 0.1) is 0 Å². The Morgan fingerprint density at radius 2 is 1.92 bits per heavy atom. The Balaban J connectivity index is 1.81. The van der Waals surface area contributed by atoms with Gasteiger partial charge in [0.25, 0.3) is 10.0 Å². The lowest BCUT2D eigenvalue weighted by Crippen LogP contribution is -2.19. The van der Waals surface area contributed by atoms with Gasteiger partial charge in [0.05, 0.1) is 10.6 Å². The van der Waals surface area contributed by atoms with Crippen LogP contribution in [0.15, 0.2) is 53.4 Å². The first-order valence-electron chi connectivity index (χ1n) is 7.50. The van der Waals surface area contributed by atoms with Crippen molar-refractivity contribution in [1.82, 2.24) is 5.32 Å². The maximum absolute atomic E-state index is 12.5. The Bertz CT molecular complexity index is 924. The minimum Gasteiger partial charge on any atom is -0.339 e. The molecule has 130 valence electrons. The lowest BCUT2D eigenvalue weighted by Gasteiger charge is -2.13. The van der Waals surface area contributed by atoms with Crippen LogP contribution in [0.4, 0.5) is 5.69 Å². The highest BCUT2D eigenvalue weighted by Gasteiger charge is 2.23. The van der Waals surface area contributed by atoms with Gasteiger partial charge >= 0.3 is 0 Å². The molecule has 1 atom stereocenters. The van der Waals surface area contributed by atoms with E-state index >= 15 is 0 Å². The molecule has 0 aliphatic carbocycles. The van der Waals surface area contributed by atoms with E-state index < -0.39 is 10.0 Å². The minimum atomic E-state index is -3.76. The second-order valence-electron chi connectivity index (χ2n) is 5.57. The van der Waals surface area contributed by atoms with E-state index in [1.165, 1.54) is 43.0 Å². The van der Waals surface area contributed by atoms with Crippen LogP contribution in [0.25, 0.3) is 0 Å². The fourth-order valence-corrected chi connectivity index (χ4v) is 4.42. The van der Waals surface area contributed by atoms with Gasteiger partial charge < -0.3 is 5.32 Å². The smallest absolute Gasteiger partial charge is 0.261 e. The molecule has 0 unspecified atom stereocenters. The van der Waals surface area contributed by atoms with Gasteiger partial charge in [-0.3, -0.25) is 14.3 Å². The molecule has 1 heterocycles. The third-order valence-corrected chi connectivity index (χ3v) is 6.24. The molecule has 0 radical (unpaired) electrons. The predicted octanol–water partition coefficient (Wildman–Crippen LogP) is 2.55. The second kappa shape index (κ2) is 6.89. The molecule has 1 saturated heterocycles. The Hall–Kier alpha value is -2.32. The van der Waals surface area contributed by atoms with Crippen molar-refractivity contribution in [1.29, 1.82) is 0 Å². The zero-order valence-corrected chi connectivity index (χ0v) is 15.0. The van der Waals surface area contributed by atoms with Crippen molar-refractivity contribution in [2.24, 2.45) is 0 Å². The third kappa shape index (κ3) is 4.02. The quantitative estimate of drug-likeness (QED) is 0.783. The number of hydrogen-bond donors (Lipinski definition) is 2. The van der Waals surface area contributed by atoms with Crippen LogP contribution in [0.1, 0.15) is 28.2 Å². The summed E-state index contributed by atoms with van der Waals surface area (Å²) in [7, 11) is -3.76. The van der Waals surface area contributed by atoms with Crippen molar-refractivity contribution < 1.29 is 18.0 Å². The number of amides is 1. The number of rotatable bonds is 5. The monoisotopic (exact) mass is 376 g/mol. The summed E-state index contributed by atoms with van der Waals surface area (Å²) in [5, 5.41) is 2.65. The first kappa shape index (κ1) is 17.5. The summed E-state index contributed by atoms with van der Waals surface area (Å²) in [4.78, 5) is 22.7. The van der Waals surface area contributed by atoms with E-state index in [-0.39, 0.29) is 22.0 Å². The fourth-order valence-electron chi connectivity index (χ4n) is 2.42. The number of carbonyl (C=O) groups is 2. The molecule has 0 bridgehead atoms. The minimum absolute atomic E-state index is 0.0356. The van der Waals surface area contributed by atoms with Crippen molar-refractivity contribution in [2.75, 3.05) is 10.5 Å². The van der Waals surface area contributed by atoms with E-state index in [2.05, 4.69) is 10.0 Å². The molecule has 25 heavy (non-hydrogen) atoms. The maximum Gasteiger partial charge on any atom is 0.261 e. The molecule has 2 aromatic rings. The van der Waals surface area contributed by atoms with E-state index in [1.807, 2.05) is 6.07 Å². The van der Waals surface area contributed by atoms with E-state index in [1.54, 1.807) is 18.2 Å². The van der Waals surface area contributed by atoms with Crippen LogP contribution in [-0.2, 0) is 14.8 Å². The number of nitrogens with one attached hydrogen (secondary N) is 2. The van der Waals surface area contributed by atoms with Crippen LogP contribution >= 0.6 is 11.8 Å². The zero-order valence-electron chi connectivity index (χ0n) is 13.4. The standard InChI is InChI=1S/C17H16N2O4S2/c1-11(20)12-5-7-15(8-6-12)25(22,23)19-14-4-2-3-13(9-14)17-18-16(21)10-24-17/h2-9,17,19H,10H2,1H3,(H,18,21)/t17-/m1/s1. The number of benzene rings is 2. The Labute approximate surface area is 150 Å². The van der Waals surface area contributed by atoms with Gasteiger partial charge in [0, 0.05) is 11.3 Å². The molecular weight excluding hydrogens is 360 g/mol. The molecule has 3 rings (SSSR count). The number of Topliss-reactive ketones (excluding diaryl/α,β-unsaturated/α-hetero) is 1. The van der Waals surface area contributed by atoms with Crippen molar-refractivity contribution in [3.8, 4) is 0 Å². The number of ketones is 1. The predicted molar refractivity (Wildman–Crippen MR) is 97.0 cm³/mol. The molecule has 0 aromatic heterocycles. The Morgan fingerprint density at radius 3 is 2.52 bits per heavy atom. The van der Waals surface area contributed by atoms with Gasteiger partial charge in [0.15, 0.2) is 5.78 Å². The summed E-state index contributed by atoms with van der Waals surface area (Å²) in [6.45, 7) is 1.42. The number of carbonyl (C=O) groups excluding carboxylic acids is 2. The van der Waals surface area contributed by atoms with Gasteiger partial charge in [-0.05, 0) is 36.8 Å². The average Bonchev–Trinajstić information content (AvgIpc) is 3.01. The molecule has 6 nitrogen and oxygen atoms in total. The first-order chi connectivity index (χ1) is 11.8. The normalized spacial score (nSPS) is 17.2. The van der Waals surface area contributed by atoms with Gasteiger partial charge in [-0.15, -0.1) is 11.8 Å². The first-order valence-corrected chi connectivity index (χ1v) is 10.0. The van der Waals surface area contributed by atoms with Crippen LogP contribution in [0.3, 0.4) is 0 Å². The molecular formula is C17H16N2O4S2. The molecule has 8 heteroatoms. The van der Waals surface area contributed by atoms with Crippen molar-refractivity contribution >= 4 is 39.2 Å². The highest BCUT2D eigenvalue weighted by atomic mass is 32.2. The number of anilines is 1. The van der Waals surface area contributed by atoms with Crippen molar-refractivity contribution in [3.05, 3.63) is 59.7 Å². The maximum atomic E-state index is 12.5. The summed E-state index contributed by atoms with van der Waals surface area (Å²) >= 11 is 1.46. The average molecular weight is 376 g/mol. The molecule has 1 aliphatic heterocycles. The van der Waals surface area contributed by atoms with Crippen LogP contribution < -0.4 is 10.0 Å². The summed E-state index contributed by atoms with van der Waals surface area (Å²) < 4.78 is 27.5. The number of hydrogen-bond acceptors (Lipinski definition) is 5. The van der Waals surface area contributed by atoms with Gasteiger partial charge in [-0.25, -0.2) is 8.42 Å². The zero-order chi connectivity index (χ0) is 18.0. The van der Waals surface area contributed by atoms with Gasteiger partial charge in [-0.1, -0.05) is 24.3 Å². The Kier molecular flexibility index (Phi) is 4.82. The topological polar surface area (TPSA) is 92.3 Å². The lowest BCUT2D eigenvalue weighted by molar-refractivity contribution is -0.118. The van der Waals surface area contributed by atoms with Gasteiger partial charge in [-0.2, -0.15) is 0 Å². The molecule has 1 fully saturated rings.